The van der Waals surface area contributed by atoms with E-state index in [2.05, 4.69) is 23.4 Å². The number of aryl methyl sites for hydroxylation is 2. The van der Waals surface area contributed by atoms with E-state index in [0.717, 1.165) is 16.7 Å². The maximum absolute atomic E-state index is 13.0. The van der Waals surface area contributed by atoms with Crippen molar-refractivity contribution in [3.63, 3.8) is 0 Å². The number of nitrogens with zero attached hydrogens (tertiary/aromatic N) is 2. The van der Waals surface area contributed by atoms with Crippen LogP contribution in [0.4, 0.5) is 0 Å². The molecule has 1 aromatic heterocycles. The van der Waals surface area contributed by atoms with Crippen molar-refractivity contribution in [2.45, 2.75) is 20.4 Å². The zero-order valence-corrected chi connectivity index (χ0v) is 17.0. The lowest BCUT2D eigenvalue weighted by molar-refractivity contribution is 0.0676. The number of ether oxygens (including phenoxy) is 1. The van der Waals surface area contributed by atoms with E-state index in [1.807, 2.05) is 19.9 Å². The van der Waals surface area contributed by atoms with E-state index in [4.69, 9.17) is 20.9 Å². The molecule has 0 aliphatic rings. The molecular formula is C22H23ClN2O3. The lowest BCUT2D eigenvalue weighted by Crippen LogP contribution is -2.33. The Labute approximate surface area is 169 Å². The summed E-state index contributed by atoms with van der Waals surface area (Å²) in [6.07, 6.45) is 0. The van der Waals surface area contributed by atoms with Crippen molar-refractivity contribution in [2.75, 3.05) is 20.3 Å². The number of aromatic nitrogens is 1. The van der Waals surface area contributed by atoms with Gasteiger partial charge in [0.05, 0.1) is 23.7 Å². The third-order valence-electron chi connectivity index (χ3n) is 4.53. The van der Waals surface area contributed by atoms with Crippen LogP contribution in [0, 0.1) is 13.8 Å². The molecule has 0 aliphatic heterocycles. The molecule has 0 aliphatic carbocycles. The number of rotatable bonds is 7. The summed E-state index contributed by atoms with van der Waals surface area (Å²) in [5, 5.41) is 4.59. The van der Waals surface area contributed by atoms with Gasteiger partial charge in [-0.05, 0) is 37.6 Å². The second kappa shape index (κ2) is 9.04. The molecule has 0 unspecified atom stereocenters. The minimum atomic E-state index is -0.168. The molecule has 5 nitrogen and oxygen atoms in total. The monoisotopic (exact) mass is 398 g/mol. The average Bonchev–Trinajstić information content (AvgIpc) is 3.15. The summed E-state index contributed by atoms with van der Waals surface area (Å²) in [4.78, 5) is 14.6. The van der Waals surface area contributed by atoms with Crippen LogP contribution in [0.15, 0.2) is 53.1 Å². The van der Waals surface area contributed by atoms with Crippen LogP contribution in [0.2, 0.25) is 5.02 Å². The fraction of sp³-hybridized carbons (Fsp3) is 0.273. The molecule has 28 heavy (non-hydrogen) atoms. The second-order valence-electron chi connectivity index (χ2n) is 6.70. The molecule has 0 spiro atoms. The average molecular weight is 399 g/mol. The van der Waals surface area contributed by atoms with Crippen molar-refractivity contribution in [1.29, 1.82) is 0 Å². The minimum Gasteiger partial charge on any atom is -0.383 e. The molecule has 0 saturated heterocycles. The maximum atomic E-state index is 13.0. The number of benzene rings is 2. The zero-order valence-electron chi connectivity index (χ0n) is 16.2. The Morgan fingerprint density at radius 3 is 2.71 bits per heavy atom. The fourth-order valence-electron chi connectivity index (χ4n) is 2.97. The maximum Gasteiger partial charge on any atom is 0.255 e. The summed E-state index contributed by atoms with van der Waals surface area (Å²) in [5.74, 6) is 0.520. The van der Waals surface area contributed by atoms with E-state index in [-0.39, 0.29) is 5.91 Å². The van der Waals surface area contributed by atoms with Gasteiger partial charge in [0.25, 0.3) is 5.91 Å². The minimum absolute atomic E-state index is 0.168. The Morgan fingerprint density at radius 2 is 1.96 bits per heavy atom. The first-order valence-electron chi connectivity index (χ1n) is 9.05. The number of carbonyl (C=O) groups is 1. The molecule has 1 heterocycles. The van der Waals surface area contributed by atoms with E-state index in [1.54, 1.807) is 36.3 Å². The number of methoxy groups -OCH3 is 1. The largest absolute Gasteiger partial charge is 0.383 e. The van der Waals surface area contributed by atoms with Crippen LogP contribution in [-0.4, -0.2) is 36.2 Å². The zero-order chi connectivity index (χ0) is 20.1. The SMILES string of the molecule is COCCN(Cc1cc(-c2cc(C)ccc2C)on1)C(=O)c1ccccc1Cl. The topological polar surface area (TPSA) is 55.6 Å². The lowest BCUT2D eigenvalue weighted by atomic mass is 10.0. The first-order chi connectivity index (χ1) is 13.5. The number of carbonyl (C=O) groups excluding carboxylic acids is 1. The van der Waals surface area contributed by atoms with E-state index in [1.165, 1.54) is 0 Å². The molecule has 0 N–H and O–H groups in total. The molecule has 3 rings (SSSR count). The number of halogens is 1. The van der Waals surface area contributed by atoms with Crippen molar-refractivity contribution < 1.29 is 14.1 Å². The van der Waals surface area contributed by atoms with Crippen LogP contribution in [0.3, 0.4) is 0 Å². The smallest absolute Gasteiger partial charge is 0.255 e. The summed E-state index contributed by atoms with van der Waals surface area (Å²) in [5.41, 5.74) is 4.39. The molecule has 2 aromatic carbocycles. The fourth-order valence-corrected chi connectivity index (χ4v) is 3.19. The van der Waals surface area contributed by atoms with Gasteiger partial charge < -0.3 is 14.2 Å². The number of hydrogen-bond donors (Lipinski definition) is 0. The third-order valence-corrected chi connectivity index (χ3v) is 4.86. The van der Waals surface area contributed by atoms with E-state index < -0.39 is 0 Å². The highest BCUT2D eigenvalue weighted by Gasteiger charge is 2.20. The first kappa shape index (κ1) is 20.1. The van der Waals surface area contributed by atoms with Gasteiger partial charge in [0.2, 0.25) is 0 Å². The van der Waals surface area contributed by atoms with Gasteiger partial charge >= 0.3 is 0 Å². The Morgan fingerprint density at radius 1 is 1.18 bits per heavy atom. The van der Waals surface area contributed by atoms with Crippen molar-refractivity contribution in [3.8, 4) is 11.3 Å². The van der Waals surface area contributed by atoms with Crippen LogP contribution in [0.5, 0.6) is 0 Å². The highest BCUT2D eigenvalue weighted by molar-refractivity contribution is 6.33. The molecule has 0 fully saturated rings. The summed E-state index contributed by atoms with van der Waals surface area (Å²) in [6.45, 7) is 5.21. The standard InChI is InChI=1S/C22H23ClN2O3/c1-15-8-9-16(2)19(12-15)21-13-17(24-28-21)14-25(10-11-27-3)22(26)18-6-4-5-7-20(18)23/h4-9,12-13H,10-11,14H2,1-3H3. The third kappa shape index (κ3) is 4.61. The Bertz CT molecular complexity index is 968. The van der Waals surface area contributed by atoms with Crippen LogP contribution in [0.1, 0.15) is 27.2 Å². The van der Waals surface area contributed by atoms with E-state index in [0.29, 0.717) is 41.7 Å². The highest BCUT2D eigenvalue weighted by atomic mass is 35.5. The Kier molecular flexibility index (Phi) is 6.49. The first-order valence-corrected chi connectivity index (χ1v) is 9.43. The van der Waals surface area contributed by atoms with Gasteiger partial charge in [0.1, 0.15) is 5.69 Å². The number of amides is 1. The van der Waals surface area contributed by atoms with Gasteiger partial charge in [-0.25, -0.2) is 0 Å². The van der Waals surface area contributed by atoms with Gasteiger partial charge in [-0.2, -0.15) is 0 Å². The summed E-state index contributed by atoms with van der Waals surface area (Å²) < 4.78 is 10.7. The number of hydrogen-bond acceptors (Lipinski definition) is 4. The van der Waals surface area contributed by atoms with Crippen molar-refractivity contribution in [3.05, 3.63) is 75.9 Å². The summed E-state index contributed by atoms with van der Waals surface area (Å²) in [6, 6.07) is 15.1. The molecule has 0 bridgehead atoms. The van der Waals surface area contributed by atoms with E-state index in [9.17, 15) is 4.79 Å². The predicted octanol–water partition coefficient (Wildman–Crippen LogP) is 4.90. The summed E-state index contributed by atoms with van der Waals surface area (Å²) >= 11 is 6.20. The van der Waals surface area contributed by atoms with Gasteiger partial charge in [-0.1, -0.05) is 46.6 Å². The molecule has 0 radical (unpaired) electrons. The second-order valence-corrected chi connectivity index (χ2v) is 7.11. The molecule has 146 valence electrons. The van der Waals surface area contributed by atoms with Crippen molar-refractivity contribution in [1.82, 2.24) is 10.1 Å². The molecular weight excluding hydrogens is 376 g/mol. The predicted molar refractivity (Wildman–Crippen MR) is 109 cm³/mol. The van der Waals surface area contributed by atoms with Crippen LogP contribution in [0.25, 0.3) is 11.3 Å². The highest BCUT2D eigenvalue weighted by Crippen LogP contribution is 2.26. The summed E-state index contributed by atoms with van der Waals surface area (Å²) in [7, 11) is 1.60. The van der Waals surface area contributed by atoms with Gasteiger partial charge in [0.15, 0.2) is 5.76 Å². The quantitative estimate of drug-likeness (QED) is 0.568. The lowest BCUT2D eigenvalue weighted by Gasteiger charge is -2.21. The normalized spacial score (nSPS) is 10.9. The molecule has 0 atom stereocenters. The van der Waals surface area contributed by atoms with Crippen molar-refractivity contribution in [2.24, 2.45) is 0 Å². The van der Waals surface area contributed by atoms with Gasteiger partial charge in [0, 0.05) is 25.3 Å². The molecule has 1 amide bonds. The van der Waals surface area contributed by atoms with Gasteiger partial charge in [-0.15, -0.1) is 0 Å². The molecule has 0 saturated carbocycles. The van der Waals surface area contributed by atoms with Crippen LogP contribution in [-0.2, 0) is 11.3 Å². The molecule has 6 heteroatoms. The molecule has 3 aromatic rings. The Hall–Kier alpha value is -2.63. The van der Waals surface area contributed by atoms with Gasteiger partial charge in [-0.3, -0.25) is 4.79 Å². The van der Waals surface area contributed by atoms with Crippen LogP contribution >= 0.6 is 11.6 Å². The van der Waals surface area contributed by atoms with E-state index >= 15 is 0 Å². The van der Waals surface area contributed by atoms with Crippen molar-refractivity contribution >= 4 is 17.5 Å². The Balaban J connectivity index is 1.84. The van der Waals surface area contributed by atoms with Crippen LogP contribution < -0.4 is 0 Å².